The van der Waals surface area contributed by atoms with E-state index in [1.54, 1.807) is 28.9 Å². The highest BCUT2D eigenvalue weighted by Gasteiger charge is 2.06. The minimum absolute atomic E-state index is 0.203. The van der Waals surface area contributed by atoms with Gasteiger partial charge in [-0.3, -0.25) is 4.79 Å². The van der Waals surface area contributed by atoms with Gasteiger partial charge in [0.15, 0.2) is 5.13 Å². The molecule has 0 bridgehead atoms. The summed E-state index contributed by atoms with van der Waals surface area (Å²) >= 11 is 3.18. The number of esters is 1. The van der Waals surface area contributed by atoms with E-state index in [0.29, 0.717) is 6.42 Å². The van der Waals surface area contributed by atoms with E-state index in [9.17, 15) is 4.79 Å². The van der Waals surface area contributed by atoms with Crippen molar-refractivity contribution in [2.45, 2.75) is 13.0 Å². The number of methoxy groups -OCH3 is 1. The van der Waals surface area contributed by atoms with Gasteiger partial charge in [-0.15, -0.1) is 22.7 Å². The molecule has 0 aliphatic rings. The largest absolute Gasteiger partial charge is 0.469 e. The van der Waals surface area contributed by atoms with Crippen LogP contribution in [0.1, 0.15) is 9.75 Å². The summed E-state index contributed by atoms with van der Waals surface area (Å²) in [5.41, 5.74) is 0. The lowest BCUT2D eigenvalue weighted by Crippen LogP contribution is -2.02. The summed E-state index contributed by atoms with van der Waals surface area (Å²) < 4.78 is 4.63. The quantitative estimate of drug-likeness (QED) is 0.847. The zero-order chi connectivity index (χ0) is 12.1. The van der Waals surface area contributed by atoms with E-state index in [4.69, 9.17) is 0 Å². The molecule has 6 heteroatoms. The number of thiazole rings is 1. The second-order valence-corrected chi connectivity index (χ2v) is 5.46. The number of ether oxygens (including phenoxy) is 1. The van der Waals surface area contributed by atoms with Crippen molar-refractivity contribution in [1.82, 2.24) is 4.98 Å². The van der Waals surface area contributed by atoms with Crippen molar-refractivity contribution in [3.63, 3.8) is 0 Å². The van der Waals surface area contributed by atoms with Crippen LogP contribution in [0, 0.1) is 0 Å². The molecule has 0 atom stereocenters. The molecular formula is C11H12N2O2S2. The number of hydrogen-bond donors (Lipinski definition) is 1. The minimum Gasteiger partial charge on any atom is -0.469 e. The molecule has 2 heterocycles. The molecule has 0 unspecified atom stereocenters. The van der Waals surface area contributed by atoms with Crippen LogP contribution < -0.4 is 5.32 Å². The van der Waals surface area contributed by atoms with E-state index in [1.165, 1.54) is 12.0 Å². The Kier molecular flexibility index (Phi) is 4.11. The molecule has 0 aliphatic heterocycles. The normalized spacial score (nSPS) is 10.2. The van der Waals surface area contributed by atoms with Crippen molar-refractivity contribution in [1.29, 1.82) is 0 Å². The summed E-state index contributed by atoms with van der Waals surface area (Å²) in [7, 11) is 1.40. The molecule has 0 saturated carbocycles. The molecule has 1 N–H and O–H groups in total. The number of carbonyl (C=O) groups is 1. The highest BCUT2D eigenvalue weighted by molar-refractivity contribution is 7.13. The lowest BCUT2D eigenvalue weighted by atomic mass is 10.3. The van der Waals surface area contributed by atoms with Crippen LogP contribution in [0.4, 0.5) is 5.13 Å². The van der Waals surface area contributed by atoms with E-state index in [0.717, 1.165) is 16.6 Å². The van der Waals surface area contributed by atoms with E-state index >= 15 is 0 Å². The molecule has 90 valence electrons. The Morgan fingerprint density at radius 3 is 3.00 bits per heavy atom. The number of nitrogens with zero attached hydrogens (tertiary/aromatic N) is 1. The van der Waals surface area contributed by atoms with Gasteiger partial charge in [0.2, 0.25) is 0 Å². The number of thiophene rings is 1. The number of rotatable bonds is 5. The molecule has 0 amide bonds. The molecule has 0 aromatic carbocycles. The predicted molar refractivity (Wildman–Crippen MR) is 69.5 cm³/mol. The Morgan fingerprint density at radius 2 is 2.29 bits per heavy atom. The average Bonchev–Trinajstić information content (AvgIpc) is 2.97. The highest BCUT2D eigenvalue weighted by atomic mass is 32.1. The zero-order valence-corrected chi connectivity index (χ0v) is 10.9. The van der Waals surface area contributed by atoms with Crippen molar-refractivity contribution in [3.8, 4) is 0 Å². The Morgan fingerprint density at radius 1 is 1.47 bits per heavy atom. The minimum atomic E-state index is -0.203. The summed E-state index contributed by atoms with van der Waals surface area (Å²) in [5, 5.41) is 6.06. The fourth-order valence-corrected chi connectivity index (χ4v) is 2.77. The molecule has 0 aliphatic carbocycles. The maximum Gasteiger partial charge on any atom is 0.310 e. The topological polar surface area (TPSA) is 51.2 Å². The molecule has 0 spiro atoms. The molecule has 2 aromatic rings. The van der Waals surface area contributed by atoms with Crippen LogP contribution in [0.3, 0.4) is 0 Å². The fourth-order valence-electron chi connectivity index (χ4n) is 1.30. The second-order valence-electron chi connectivity index (χ2n) is 3.31. The van der Waals surface area contributed by atoms with Gasteiger partial charge in [0.1, 0.15) is 0 Å². The standard InChI is InChI=1S/C11H12N2O2S2/c1-15-10(14)6-8-2-3-9(17-8)7-13-11-12-4-5-16-11/h2-5H,6-7H2,1H3,(H,12,13). The zero-order valence-electron chi connectivity index (χ0n) is 9.30. The first-order chi connectivity index (χ1) is 8.28. The summed E-state index contributed by atoms with van der Waals surface area (Å²) in [6.45, 7) is 0.735. The summed E-state index contributed by atoms with van der Waals surface area (Å²) in [5.74, 6) is -0.203. The lowest BCUT2D eigenvalue weighted by Gasteiger charge is -1.98. The van der Waals surface area contributed by atoms with Gasteiger partial charge in [-0.2, -0.15) is 0 Å². The Hall–Kier alpha value is -1.40. The Balaban J connectivity index is 1.88. The van der Waals surface area contributed by atoms with Crippen molar-refractivity contribution in [2.24, 2.45) is 0 Å². The number of anilines is 1. The van der Waals surface area contributed by atoms with Gasteiger partial charge in [-0.1, -0.05) is 0 Å². The molecular weight excluding hydrogens is 256 g/mol. The first-order valence-corrected chi connectivity index (χ1v) is 6.75. The highest BCUT2D eigenvalue weighted by Crippen LogP contribution is 2.19. The predicted octanol–water partition coefficient (Wildman–Crippen LogP) is 2.53. The lowest BCUT2D eigenvalue weighted by molar-refractivity contribution is -0.139. The van der Waals surface area contributed by atoms with Crippen molar-refractivity contribution in [2.75, 3.05) is 12.4 Å². The molecule has 0 radical (unpaired) electrons. The monoisotopic (exact) mass is 268 g/mol. The van der Waals surface area contributed by atoms with Gasteiger partial charge >= 0.3 is 5.97 Å². The van der Waals surface area contributed by atoms with Gasteiger partial charge < -0.3 is 10.1 Å². The van der Waals surface area contributed by atoms with Crippen LogP contribution in [0.5, 0.6) is 0 Å². The van der Waals surface area contributed by atoms with Crippen molar-refractivity contribution in [3.05, 3.63) is 33.5 Å². The van der Waals surface area contributed by atoms with E-state index in [-0.39, 0.29) is 5.97 Å². The van der Waals surface area contributed by atoms with Crippen LogP contribution in [0.25, 0.3) is 0 Å². The summed E-state index contributed by atoms with van der Waals surface area (Å²) in [4.78, 5) is 17.4. The average molecular weight is 268 g/mol. The van der Waals surface area contributed by atoms with Crippen LogP contribution in [0.15, 0.2) is 23.7 Å². The maximum absolute atomic E-state index is 11.1. The van der Waals surface area contributed by atoms with Crippen LogP contribution in [-0.4, -0.2) is 18.1 Å². The smallest absolute Gasteiger partial charge is 0.310 e. The van der Waals surface area contributed by atoms with Crippen molar-refractivity contribution >= 4 is 33.8 Å². The number of nitrogens with one attached hydrogen (secondary N) is 1. The van der Waals surface area contributed by atoms with Crippen LogP contribution >= 0.6 is 22.7 Å². The second kappa shape index (κ2) is 5.79. The van der Waals surface area contributed by atoms with Gasteiger partial charge in [-0.25, -0.2) is 4.98 Å². The molecule has 2 rings (SSSR count). The van der Waals surface area contributed by atoms with Gasteiger partial charge in [0, 0.05) is 21.3 Å². The fraction of sp³-hybridized carbons (Fsp3) is 0.273. The molecule has 4 nitrogen and oxygen atoms in total. The number of carbonyl (C=O) groups excluding carboxylic acids is 1. The maximum atomic E-state index is 11.1. The third-order valence-electron chi connectivity index (χ3n) is 2.11. The van der Waals surface area contributed by atoms with Crippen molar-refractivity contribution < 1.29 is 9.53 Å². The molecule has 17 heavy (non-hydrogen) atoms. The summed E-state index contributed by atoms with van der Waals surface area (Å²) in [6, 6.07) is 3.98. The first-order valence-electron chi connectivity index (χ1n) is 5.05. The SMILES string of the molecule is COC(=O)Cc1ccc(CNc2nccs2)s1. The molecule has 2 aromatic heterocycles. The van der Waals surface area contributed by atoms with Crippen LogP contribution in [-0.2, 0) is 22.5 Å². The van der Waals surface area contributed by atoms with Gasteiger partial charge in [0.05, 0.1) is 20.1 Å². The molecule has 0 fully saturated rings. The van der Waals surface area contributed by atoms with Gasteiger partial charge in [-0.05, 0) is 12.1 Å². The number of aromatic nitrogens is 1. The van der Waals surface area contributed by atoms with E-state index < -0.39 is 0 Å². The number of hydrogen-bond acceptors (Lipinski definition) is 6. The third-order valence-corrected chi connectivity index (χ3v) is 3.93. The third kappa shape index (κ3) is 3.54. The Labute approximate surface area is 107 Å². The van der Waals surface area contributed by atoms with Gasteiger partial charge in [0.25, 0.3) is 0 Å². The van der Waals surface area contributed by atoms with E-state index in [2.05, 4.69) is 15.0 Å². The summed E-state index contributed by atoms with van der Waals surface area (Å²) in [6.07, 6.45) is 2.11. The van der Waals surface area contributed by atoms with Crippen LogP contribution in [0.2, 0.25) is 0 Å². The molecule has 0 saturated heterocycles. The first kappa shape index (κ1) is 12.1. The van der Waals surface area contributed by atoms with E-state index in [1.807, 2.05) is 17.5 Å². The Bertz CT molecular complexity index is 479.